The number of hydrogen-bond donors (Lipinski definition) is 1. The standard InChI is InChI=1S/C19H20O/c1-3-13-19(20)17-9-5-4-8-15(17)11-12-16-14(2)7-6-10-18(16)19/h3-10,20H,1,11-13H2,2H3. The van der Waals surface area contributed by atoms with Crippen molar-refractivity contribution < 1.29 is 5.11 Å². The van der Waals surface area contributed by atoms with Gasteiger partial charge in [0.05, 0.1) is 0 Å². The van der Waals surface area contributed by atoms with E-state index in [4.69, 9.17) is 0 Å². The van der Waals surface area contributed by atoms with Gasteiger partial charge in [-0.3, -0.25) is 0 Å². The van der Waals surface area contributed by atoms with Gasteiger partial charge in [-0.2, -0.15) is 0 Å². The Morgan fingerprint density at radius 3 is 2.65 bits per heavy atom. The first-order valence-corrected chi connectivity index (χ1v) is 7.17. The van der Waals surface area contributed by atoms with E-state index in [2.05, 4.69) is 43.8 Å². The van der Waals surface area contributed by atoms with Crippen LogP contribution < -0.4 is 0 Å². The van der Waals surface area contributed by atoms with E-state index in [9.17, 15) is 5.11 Å². The van der Waals surface area contributed by atoms with Crippen LogP contribution in [0.1, 0.15) is 34.2 Å². The van der Waals surface area contributed by atoms with Crippen molar-refractivity contribution in [2.75, 3.05) is 0 Å². The van der Waals surface area contributed by atoms with Crippen LogP contribution in [0.15, 0.2) is 55.1 Å². The van der Waals surface area contributed by atoms with Crippen molar-refractivity contribution in [2.45, 2.75) is 31.8 Å². The van der Waals surface area contributed by atoms with Crippen LogP contribution in [0, 0.1) is 6.92 Å². The Hall–Kier alpha value is -1.86. The quantitative estimate of drug-likeness (QED) is 0.815. The number of rotatable bonds is 2. The smallest absolute Gasteiger partial charge is 0.119 e. The van der Waals surface area contributed by atoms with E-state index in [-0.39, 0.29) is 0 Å². The Morgan fingerprint density at radius 2 is 1.85 bits per heavy atom. The number of fused-ring (bicyclic) bond motifs is 2. The maximum absolute atomic E-state index is 11.4. The van der Waals surface area contributed by atoms with Crippen LogP contribution in [-0.2, 0) is 18.4 Å². The molecular weight excluding hydrogens is 244 g/mol. The average Bonchev–Trinajstić information content (AvgIpc) is 2.57. The van der Waals surface area contributed by atoms with Gasteiger partial charge in [-0.05, 0) is 47.6 Å². The molecule has 0 heterocycles. The van der Waals surface area contributed by atoms with Gasteiger partial charge < -0.3 is 5.11 Å². The first-order valence-electron chi connectivity index (χ1n) is 7.17. The molecule has 0 bridgehead atoms. The summed E-state index contributed by atoms with van der Waals surface area (Å²) < 4.78 is 0. The van der Waals surface area contributed by atoms with Crippen molar-refractivity contribution >= 4 is 0 Å². The molecule has 1 heteroatoms. The number of benzene rings is 2. The van der Waals surface area contributed by atoms with Crippen LogP contribution in [0.25, 0.3) is 0 Å². The first-order chi connectivity index (χ1) is 9.66. The first kappa shape index (κ1) is 13.1. The molecule has 0 saturated heterocycles. The highest BCUT2D eigenvalue weighted by Crippen LogP contribution is 2.41. The van der Waals surface area contributed by atoms with Crippen LogP contribution in [0.2, 0.25) is 0 Å². The maximum Gasteiger partial charge on any atom is 0.119 e. The average molecular weight is 264 g/mol. The van der Waals surface area contributed by atoms with Gasteiger partial charge in [-0.1, -0.05) is 48.5 Å². The molecule has 0 radical (unpaired) electrons. The van der Waals surface area contributed by atoms with E-state index in [0.717, 1.165) is 24.0 Å². The van der Waals surface area contributed by atoms with Gasteiger partial charge in [0, 0.05) is 6.42 Å². The van der Waals surface area contributed by atoms with Gasteiger partial charge in [-0.25, -0.2) is 0 Å². The van der Waals surface area contributed by atoms with Gasteiger partial charge in [0.15, 0.2) is 0 Å². The Labute approximate surface area is 120 Å². The van der Waals surface area contributed by atoms with E-state index < -0.39 is 5.60 Å². The molecule has 20 heavy (non-hydrogen) atoms. The molecule has 0 spiro atoms. The van der Waals surface area contributed by atoms with Crippen molar-refractivity contribution in [1.82, 2.24) is 0 Å². The van der Waals surface area contributed by atoms with Crippen molar-refractivity contribution in [3.8, 4) is 0 Å². The number of aliphatic hydroxyl groups is 1. The molecule has 0 aliphatic heterocycles. The summed E-state index contributed by atoms with van der Waals surface area (Å²) in [5, 5.41) is 11.4. The molecule has 1 atom stereocenters. The fourth-order valence-corrected chi connectivity index (χ4v) is 3.40. The second-order valence-corrected chi connectivity index (χ2v) is 5.61. The number of hydrogen-bond acceptors (Lipinski definition) is 1. The van der Waals surface area contributed by atoms with Crippen LogP contribution >= 0.6 is 0 Å². The van der Waals surface area contributed by atoms with Crippen molar-refractivity contribution in [1.29, 1.82) is 0 Å². The SMILES string of the molecule is C=CCC1(O)c2ccccc2CCc2c(C)cccc21. The van der Waals surface area contributed by atoms with Crippen molar-refractivity contribution in [3.63, 3.8) is 0 Å². The summed E-state index contributed by atoms with van der Waals surface area (Å²) in [4.78, 5) is 0. The highest BCUT2D eigenvalue weighted by atomic mass is 16.3. The Bertz CT molecular complexity index is 657. The van der Waals surface area contributed by atoms with Crippen molar-refractivity contribution in [3.05, 3.63) is 82.9 Å². The normalized spacial score (nSPS) is 20.7. The third-order valence-corrected chi connectivity index (χ3v) is 4.40. The topological polar surface area (TPSA) is 20.2 Å². The van der Waals surface area contributed by atoms with Gasteiger partial charge in [0.1, 0.15) is 5.60 Å². The predicted molar refractivity (Wildman–Crippen MR) is 82.8 cm³/mol. The summed E-state index contributed by atoms with van der Waals surface area (Å²) in [5.74, 6) is 0. The molecule has 3 rings (SSSR count). The zero-order valence-corrected chi connectivity index (χ0v) is 11.9. The Balaban J connectivity index is 2.31. The summed E-state index contributed by atoms with van der Waals surface area (Å²) in [6.45, 7) is 5.97. The summed E-state index contributed by atoms with van der Waals surface area (Å²) in [6, 6.07) is 14.5. The second-order valence-electron chi connectivity index (χ2n) is 5.61. The predicted octanol–water partition coefficient (Wildman–Crippen LogP) is 3.91. The molecule has 102 valence electrons. The minimum atomic E-state index is -0.948. The monoisotopic (exact) mass is 264 g/mol. The van der Waals surface area contributed by atoms with E-state index >= 15 is 0 Å². The molecule has 1 N–H and O–H groups in total. The summed E-state index contributed by atoms with van der Waals surface area (Å²) in [7, 11) is 0. The van der Waals surface area contributed by atoms with Gasteiger partial charge in [-0.15, -0.1) is 6.58 Å². The zero-order chi connectivity index (χ0) is 14.2. The maximum atomic E-state index is 11.4. The summed E-state index contributed by atoms with van der Waals surface area (Å²) >= 11 is 0. The van der Waals surface area contributed by atoms with E-state index in [1.807, 2.05) is 18.2 Å². The fourth-order valence-electron chi connectivity index (χ4n) is 3.40. The minimum absolute atomic E-state index is 0.542. The Morgan fingerprint density at radius 1 is 1.10 bits per heavy atom. The summed E-state index contributed by atoms with van der Waals surface area (Å²) in [6.07, 6.45) is 4.32. The third-order valence-electron chi connectivity index (χ3n) is 4.40. The van der Waals surface area contributed by atoms with Crippen LogP contribution in [-0.4, -0.2) is 5.11 Å². The van der Waals surface area contributed by atoms with E-state index in [1.54, 1.807) is 0 Å². The molecule has 1 unspecified atom stereocenters. The van der Waals surface area contributed by atoms with Crippen molar-refractivity contribution in [2.24, 2.45) is 0 Å². The Kier molecular flexibility index (Phi) is 3.23. The number of aryl methyl sites for hydroxylation is 2. The molecule has 0 aromatic heterocycles. The highest BCUT2D eigenvalue weighted by Gasteiger charge is 2.36. The van der Waals surface area contributed by atoms with E-state index in [0.29, 0.717) is 6.42 Å². The molecule has 2 aromatic carbocycles. The van der Waals surface area contributed by atoms with Crippen LogP contribution in [0.5, 0.6) is 0 Å². The zero-order valence-electron chi connectivity index (χ0n) is 11.9. The van der Waals surface area contributed by atoms with Gasteiger partial charge >= 0.3 is 0 Å². The molecule has 0 saturated carbocycles. The lowest BCUT2D eigenvalue weighted by atomic mass is 9.80. The lowest BCUT2D eigenvalue weighted by Gasteiger charge is -2.30. The molecule has 1 nitrogen and oxygen atoms in total. The minimum Gasteiger partial charge on any atom is -0.380 e. The van der Waals surface area contributed by atoms with Gasteiger partial charge in [0.25, 0.3) is 0 Å². The largest absolute Gasteiger partial charge is 0.380 e. The third kappa shape index (κ3) is 1.90. The summed E-state index contributed by atoms with van der Waals surface area (Å²) in [5.41, 5.74) is 4.92. The van der Waals surface area contributed by atoms with E-state index in [1.165, 1.54) is 16.7 Å². The fraction of sp³-hybridized carbons (Fsp3) is 0.263. The van der Waals surface area contributed by atoms with Gasteiger partial charge in [0.2, 0.25) is 0 Å². The van der Waals surface area contributed by atoms with Crippen LogP contribution in [0.3, 0.4) is 0 Å². The molecular formula is C19H20O. The lowest BCUT2D eigenvalue weighted by molar-refractivity contribution is 0.0835. The van der Waals surface area contributed by atoms with Crippen LogP contribution in [0.4, 0.5) is 0 Å². The highest BCUT2D eigenvalue weighted by molar-refractivity contribution is 5.50. The second kappa shape index (κ2) is 4.92. The molecule has 0 fully saturated rings. The lowest BCUT2D eigenvalue weighted by Crippen LogP contribution is -2.28. The molecule has 1 aliphatic rings. The molecule has 2 aromatic rings. The molecule has 1 aliphatic carbocycles. The molecule has 0 amide bonds.